The minimum Gasteiger partial charge on any atom is -0.398 e. The molecule has 1 aromatic carbocycles. The molecule has 2 bridgehead atoms. The van der Waals surface area contributed by atoms with Crippen LogP contribution in [0, 0.1) is 12.3 Å². The molecule has 4 N–H and O–H groups in total. The molecule has 1 amide bonds. The van der Waals surface area contributed by atoms with Gasteiger partial charge in [0.2, 0.25) is 0 Å². The fourth-order valence-corrected chi connectivity index (χ4v) is 5.31. The van der Waals surface area contributed by atoms with Crippen LogP contribution in [0.5, 0.6) is 0 Å². The number of nitrogens with one attached hydrogen (secondary N) is 2. The van der Waals surface area contributed by atoms with Gasteiger partial charge in [-0.15, -0.1) is 11.3 Å². The van der Waals surface area contributed by atoms with Gasteiger partial charge < -0.3 is 16.0 Å². The number of rotatable bonds is 4. The number of piperidine rings is 1. The largest absolute Gasteiger partial charge is 0.398 e. The Morgan fingerprint density at radius 1 is 1.22 bits per heavy atom. The van der Waals surface area contributed by atoms with E-state index in [1.165, 1.54) is 17.7 Å². The molecule has 5 nitrogen and oxygen atoms in total. The second kappa shape index (κ2) is 7.09. The summed E-state index contributed by atoms with van der Waals surface area (Å²) in [6.07, 6.45) is 4.36. The predicted molar refractivity (Wildman–Crippen MR) is 111 cm³/mol. The number of anilines is 1. The van der Waals surface area contributed by atoms with Gasteiger partial charge in [-0.3, -0.25) is 10.2 Å². The Hall–Kier alpha value is -2.18. The van der Waals surface area contributed by atoms with Crippen LogP contribution in [-0.2, 0) is 4.79 Å². The highest BCUT2D eigenvalue weighted by Gasteiger charge is 2.39. The molecular formula is C21H26N4OS. The van der Waals surface area contributed by atoms with Crippen LogP contribution < -0.4 is 11.1 Å². The van der Waals surface area contributed by atoms with Gasteiger partial charge in [0.25, 0.3) is 5.91 Å². The first-order chi connectivity index (χ1) is 12.9. The third kappa shape index (κ3) is 3.51. The van der Waals surface area contributed by atoms with Gasteiger partial charge in [0.15, 0.2) is 0 Å². The zero-order valence-electron chi connectivity index (χ0n) is 15.8. The van der Waals surface area contributed by atoms with Crippen molar-refractivity contribution < 1.29 is 4.79 Å². The number of amides is 1. The number of carbonyl (C=O) groups excluding carboxylic acids is 1. The van der Waals surface area contributed by atoms with Gasteiger partial charge in [0.1, 0.15) is 5.71 Å². The molecule has 2 saturated heterocycles. The highest BCUT2D eigenvalue weighted by Crippen LogP contribution is 2.34. The smallest absolute Gasteiger partial charge is 0.270 e. The number of nitrogen functional groups attached to an aromatic ring is 1. The third-order valence-corrected chi connectivity index (χ3v) is 7.06. The van der Waals surface area contributed by atoms with E-state index in [9.17, 15) is 4.79 Å². The first-order valence-electron chi connectivity index (χ1n) is 9.50. The molecule has 142 valence electrons. The number of nitrogens with zero attached hydrogens (tertiary/aromatic N) is 1. The van der Waals surface area contributed by atoms with Crippen molar-refractivity contribution in [2.24, 2.45) is 0 Å². The maximum Gasteiger partial charge on any atom is 0.270 e. The van der Waals surface area contributed by atoms with Crippen LogP contribution in [-0.4, -0.2) is 41.7 Å². The number of thiophene rings is 1. The van der Waals surface area contributed by atoms with Crippen LogP contribution in [0.3, 0.4) is 0 Å². The molecule has 1 aromatic heterocycles. The Bertz CT molecular complexity index is 876. The van der Waals surface area contributed by atoms with E-state index in [-0.39, 0.29) is 17.7 Å². The van der Waals surface area contributed by atoms with Crippen molar-refractivity contribution in [3.8, 4) is 10.4 Å². The zero-order valence-corrected chi connectivity index (χ0v) is 16.6. The number of hydrogen-bond acceptors (Lipinski definition) is 5. The Kier molecular flexibility index (Phi) is 4.78. The van der Waals surface area contributed by atoms with Gasteiger partial charge in [0, 0.05) is 39.1 Å². The Morgan fingerprint density at radius 3 is 2.52 bits per heavy atom. The van der Waals surface area contributed by atoms with Gasteiger partial charge in [-0.2, -0.15) is 0 Å². The van der Waals surface area contributed by atoms with Crippen molar-refractivity contribution in [2.45, 2.75) is 50.7 Å². The summed E-state index contributed by atoms with van der Waals surface area (Å²) in [5, 5.41) is 11.4. The average molecular weight is 383 g/mol. The maximum absolute atomic E-state index is 12.6. The van der Waals surface area contributed by atoms with Crippen LogP contribution in [0.4, 0.5) is 5.69 Å². The van der Waals surface area contributed by atoms with Gasteiger partial charge >= 0.3 is 0 Å². The lowest BCUT2D eigenvalue weighted by molar-refractivity contribution is -0.115. The second-order valence-corrected chi connectivity index (χ2v) is 9.07. The summed E-state index contributed by atoms with van der Waals surface area (Å²) in [5.41, 5.74) is 8.14. The summed E-state index contributed by atoms with van der Waals surface area (Å²) in [6.45, 7) is 2.07. The minimum absolute atomic E-state index is 0.0484. The van der Waals surface area contributed by atoms with Crippen LogP contribution >= 0.6 is 11.3 Å². The molecule has 2 unspecified atom stereocenters. The van der Waals surface area contributed by atoms with Crippen molar-refractivity contribution in [3.63, 3.8) is 0 Å². The van der Waals surface area contributed by atoms with Crippen molar-refractivity contribution >= 4 is 28.6 Å². The molecule has 6 heteroatoms. The Balaban J connectivity index is 1.45. The summed E-state index contributed by atoms with van der Waals surface area (Å²) >= 11 is 1.71. The highest BCUT2D eigenvalue weighted by atomic mass is 32.1. The molecule has 2 aliphatic rings. The summed E-state index contributed by atoms with van der Waals surface area (Å²) < 4.78 is 0. The Morgan fingerprint density at radius 2 is 1.93 bits per heavy atom. The van der Waals surface area contributed by atoms with Crippen LogP contribution in [0.2, 0.25) is 0 Å². The molecule has 3 heterocycles. The molecule has 2 aliphatic heterocycles. The zero-order chi connectivity index (χ0) is 19.1. The molecule has 0 aliphatic carbocycles. The van der Waals surface area contributed by atoms with Gasteiger partial charge in [-0.05, 0) is 69.5 Å². The number of aryl methyl sites for hydroxylation is 1. The standard InChI is InChI=1S/C21H26N4OS/c1-12-3-8-19(27-12)13-4-7-17(18(22)9-13)20(23)21(26)24-14-10-15-5-6-16(11-14)25(15)2/h3-4,7-9,14-16,23H,5-6,10-11,22H2,1-2H3,(H,24,26). The van der Waals surface area contributed by atoms with Crippen molar-refractivity contribution in [1.29, 1.82) is 5.41 Å². The molecule has 2 atom stereocenters. The number of nitrogens with two attached hydrogens (primary N) is 1. The van der Waals surface area contributed by atoms with E-state index in [0.29, 0.717) is 23.3 Å². The maximum atomic E-state index is 12.6. The van der Waals surface area contributed by atoms with E-state index in [1.807, 2.05) is 12.1 Å². The molecule has 4 rings (SSSR count). The van der Waals surface area contributed by atoms with Gasteiger partial charge in [0.05, 0.1) is 0 Å². The van der Waals surface area contributed by atoms with Crippen LogP contribution in [0.25, 0.3) is 10.4 Å². The normalized spacial score (nSPS) is 24.7. The molecule has 0 spiro atoms. The quantitative estimate of drug-likeness (QED) is 0.560. The topological polar surface area (TPSA) is 82.2 Å². The van der Waals surface area contributed by atoms with Crippen molar-refractivity contribution in [1.82, 2.24) is 10.2 Å². The van der Waals surface area contributed by atoms with Crippen molar-refractivity contribution in [3.05, 3.63) is 40.8 Å². The monoisotopic (exact) mass is 382 g/mol. The third-order valence-electron chi connectivity index (χ3n) is 6.01. The lowest BCUT2D eigenvalue weighted by atomic mass is 9.97. The first-order valence-corrected chi connectivity index (χ1v) is 10.3. The summed E-state index contributed by atoms with van der Waals surface area (Å²) in [4.78, 5) is 17.5. The van der Waals surface area contributed by atoms with E-state index >= 15 is 0 Å². The number of benzene rings is 1. The minimum atomic E-state index is -0.324. The number of hydrogen-bond donors (Lipinski definition) is 3. The van der Waals surface area contributed by atoms with Crippen molar-refractivity contribution in [2.75, 3.05) is 12.8 Å². The SMILES string of the molecule is Cc1ccc(-c2ccc(C(=N)C(=O)NC3CC4CCC(C3)N4C)c(N)c2)s1. The predicted octanol–water partition coefficient (Wildman–Crippen LogP) is 3.41. The number of fused-ring (bicyclic) bond motifs is 2. The number of carbonyl (C=O) groups is 1. The molecule has 2 aromatic rings. The molecule has 0 saturated carbocycles. The second-order valence-electron chi connectivity index (χ2n) is 7.78. The summed E-state index contributed by atoms with van der Waals surface area (Å²) in [7, 11) is 2.18. The van der Waals surface area contributed by atoms with E-state index in [1.54, 1.807) is 17.4 Å². The fraction of sp³-hybridized carbons (Fsp3) is 0.429. The summed E-state index contributed by atoms with van der Waals surface area (Å²) in [6, 6.07) is 11.0. The van der Waals surface area contributed by atoms with Crippen LogP contribution in [0.15, 0.2) is 30.3 Å². The van der Waals surface area contributed by atoms with E-state index in [0.717, 1.165) is 23.3 Å². The van der Waals surface area contributed by atoms with E-state index in [2.05, 4.69) is 36.3 Å². The molecule has 2 fully saturated rings. The van der Waals surface area contributed by atoms with E-state index < -0.39 is 0 Å². The first kappa shape index (κ1) is 18.2. The van der Waals surface area contributed by atoms with Crippen LogP contribution in [0.1, 0.15) is 36.1 Å². The Labute approximate surface area is 164 Å². The van der Waals surface area contributed by atoms with Gasteiger partial charge in [-0.1, -0.05) is 6.07 Å². The average Bonchev–Trinajstić information content (AvgIpc) is 3.14. The molecule has 27 heavy (non-hydrogen) atoms. The lowest BCUT2D eigenvalue weighted by Crippen LogP contribution is -2.50. The molecular weight excluding hydrogens is 356 g/mol. The molecule has 0 radical (unpaired) electrons. The fourth-order valence-electron chi connectivity index (χ4n) is 4.44. The lowest BCUT2D eigenvalue weighted by Gasteiger charge is -2.36. The highest BCUT2D eigenvalue weighted by molar-refractivity contribution is 7.15. The van der Waals surface area contributed by atoms with E-state index in [4.69, 9.17) is 11.1 Å². The van der Waals surface area contributed by atoms with Gasteiger partial charge in [-0.25, -0.2) is 0 Å². The summed E-state index contributed by atoms with van der Waals surface area (Å²) in [5.74, 6) is -0.324.